The second-order valence-electron chi connectivity index (χ2n) is 5.16. The number of benzene rings is 2. The van der Waals surface area contributed by atoms with E-state index in [1.54, 1.807) is 6.07 Å². The van der Waals surface area contributed by atoms with Gasteiger partial charge in [0.1, 0.15) is 5.82 Å². The Morgan fingerprint density at radius 2 is 1.78 bits per heavy atom. The van der Waals surface area contributed by atoms with Crippen LogP contribution in [0.2, 0.25) is 5.02 Å². The molecule has 3 aromatic rings. The summed E-state index contributed by atoms with van der Waals surface area (Å²) in [6.07, 6.45) is 3.04. The van der Waals surface area contributed by atoms with Crippen molar-refractivity contribution in [1.29, 1.82) is 0 Å². The van der Waals surface area contributed by atoms with Crippen molar-refractivity contribution in [2.75, 3.05) is 5.32 Å². The average Bonchev–Trinajstić information content (AvgIpc) is 2.59. The van der Waals surface area contributed by atoms with Gasteiger partial charge in [0.25, 0.3) is 0 Å². The van der Waals surface area contributed by atoms with Crippen LogP contribution in [0.15, 0.2) is 66.9 Å². The van der Waals surface area contributed by atoms with Gasteiger partial charge in [0.05, 0.1) is 5.02 Å². The smallest absolute Gasteiger partial charge is 0.151 e. The van der Waals surface area contributed by atoms with Crippen LogP contribution in [-0.2, 0) is 6.42 Å². The van der Waals surface area contributed by atoms with Crippen molar-refractivity contribution in [1.82, 2.24) is 4.98 Å². The summed E-state index contributed by atoms with van der Waals surface area (Å²) >= 11 is 6.19. The number of anilines is 2. The van der Waals surface area contributed by atoms with E-state index in [0.717, 1.165) is 24.0 Å². The number of rotatable bonds is 5. The molecule has 0 unspecified atom stereocenters. The molecule has 23 heavy (non-hydrogen) atoms. The highest BCUT2D eigenvalue weighted by Crippen LogP contribution is 2.27. The zero-order valence-electron chi connectivity index (χ0n) is 12.4. The standard InChI is InChI=1S/C19H15ClN2O/c20-17-11-15(13-23)12-21-19(17)22-18-9-5-4-8-16(18)10-14-6-2-1-3-7-14/h1-9,11-13H,10H2,(H,21,22). The predicted molar refractivity (Wildman–Crippen MR) is 93.6 cm³/mol. The Kier molecular flexibility index (Phi) is 4.69. The van der Waals surface area contributed by atoms with Crippen molar-refractivity contribution in [2.45, 2.75) is 6.42 Å². The number of para-hydroxylation sites is 1. The number of carbonyl (C=O) groups excluding carboxylic acids is 1. The minimum atomic E-state index is 0.420. The number of aromatic nitrogens is 1. The average molecular weight is 323 g/mol. The van der Waals surface area contributed by atoms with Gasteiger partial charge in [-0.3, -0.25) is 4.79 Å². The summed E-state index contributed by atoms with van der Waals surface area (Å²) in [5.41, 5.74) is 3.79. The first kappa shape index (κ1) is 15.3. The molecule has 0 bridgehead atoms. The number of hydrogen-bond donors (Lipinski definition) is 1. The molecule has 1 aromatic heterocycles. The van der Waals surface area contributed by atoms with E-state index in [1.807, 2.05) is 36.4 Å². The van der Waals surface area contributed by atoms with E-state index in [9.17, 15) is 4.79 Å². The highest BCUT2D eigenvalue weighted by atomic mass is 35.5. The van der Waals surface area contributed by atoms with E-state index in [4.69, 9.17) is 11.6 Å². The molecule has 0 saturated carbocycles. The third-order valence-electron chi connectivity index (χ3n) is 3.51. The molecule has 0 spiro atoms. The van der Waals surface area contributed by atoms with E-state index in [2.05, 4.69) is 28.5 Å². The Hall–Kier alpha value is -2.65. The lowest BCUT2D eigenvalue weighted by Crippen LogP contribution is -2.00. The van der Waals surface area contributed by atoms with Gasteiger partial charge < -0.3 is 5.32 Å². The minimum absolute atomic E-state index is 0.420. The quantitative estimate of drug-likeness (QED) is 0.680. The van der Waals surface area contributed by atoms with Gasteiger partial charge in [-0.2, -0.15) is 0 Å². The first-order chi connectivity index (χ1) is 11.3. The Labute approximate surface area is 140 Å². The maximum absolute atomic E-state index is 10.8. The molecule has 1 heterocycles. The van der Waals surface area contributed by atoms with Crippen LogP contribution in [0, 0.1) is 0 Å². The summed E-state index contributed by atoms with van der Waals surface area (Å²) in [5, 5.41) is 3.67. The van der Waals surface area contributed by atoms with Crippen molar-refractivity contribution in [3.63, 3.8) is 0 Å². The summed E-state index contributed by atoms with van der Waals surface area (Å²) < 4.78 is 0. The van der Waals surface area contributed by atoms with Crippen LogP contribution in [0.25, 0.3) is 0 Å². The molecule has 1 N–H and O–H groups in total. The van der Waals surface area contributed by atoms with Gasteiger partial charge in [0.15, 0.2) is 6.29 Å². The van der Waals surface area contributed by atoms with Gasteiger partial charge >= 0.3 is 0 Å². The normalized spacial score (nSPS) is 10.3. The molecule has 0 saturated heterocycles. The van der Waals surface area contributed by atoms with Gasteiger partial charge in [0.2, 0.25) is 0 Å². The number of nitrogens with one attached hydrogen (secondary N) is 1. The Morgan fingerprint density at radius 1 is 1.04 bits per heavy atom. The number of aldehydes is 1. The number of pyridine rings is 1. The van der Waals surface area contributed by atoms with Crippen LogP contribution in [0.5, 0.6) is 0 Å². The molecule has 0 atom stereocenters. The fourth-order valence-electron chi connectivity index (χ4n) is 2.35. The molecule has 0 aliphatic carbocycles. The van der Waals surface area contributed by atoms with Crippen molar-refractivity contribution in [2.24, 2.45) is 0 Å². The van der Waals surface area contributed by atoms with Gasteiger partial charge in [-0.05, 0) is 29.7 Å². The molecule has 114 valence electrons. The summed E-state index contributed by atoms with van der Waals surface area (Å²) in [6, 6.07) is 19.9. The molecule has 3 rings (SSSR count). The Morgan fingerprint density at radius 3 is 2.52 bits per heavy atom. The molecule has 0 amide bonds. The topological polar surface area (TPSA) is 42.0 Å². The van der Waals surface area contributed by atoms with Crippen LogP contribution in [0.4, 0.5) is 11.5 Å². The summed E-state index contributed by atoms with van der Waals surface area (Å²) in [5.74, 6) is 0.540. The van der Waals surface area contributed by atoms with Gasteiger partial charge in [-0.15, -0.1) is 0 Å². The van der Waals surface area contributed by atoms with Gasteiger partial charge in [0, 0.05) is 17.4 Å². The lowest BCUT2D eigenvalue weighted by Gasteiger charge is -2.12. The van der Waals surface area contributed by atoms with E-state index in [0.29, 0.717) is 16.4 Å². The predicted octanol–water partition coefficient (Wildman–Crippen LogP) is 4.88. The molecule has 0 radical (unpaired) electrons. The summed E-state index contributed by atoms with van der Waals surface area (Å²) in [6.45, 7) is 0. The molecule has 3 nitrogen and oxygen atoms in total. The van der Waals surface area contributed by atoms with Crippen LogP contribution in [0.3, 0.4) is 0 Å². The first-order valence-electron chi connectivity index (χ1n) is 7.26. The van der Waals surface area contributed by atoms with Crippen molar-refractivity contribution in [3.8, 4) is 0 Å². The highest BCUT2D eigenvalue weighted by molar-refractivity contribution is 6.33. The lowest BCUT2D eigenvalue weighted by atomic mass is 10.0. The fourth-order valence-corrected chi connectivity index (χ4v) is 2.57. The van der Waals surface area contributed by atoms with E-state index in [1.165, 1.54) is 11.8 Å². The SMILES string of the molecule is O=Cc1cnc(Nc2ccccc2Cc2ccccc2)c(Cl)c1. The second kappa shape index (κ2) is 7.07. The molecule has 2 aromatic carbocycles. The van der Waals surface area contributed by atoms with Crippen molar-refractivity contribution in [3.05, 3.63) is 88.6 Å². The highest BCUT2D eigenvalue weighted by Gasteiger charge is 2.07. The first-order valence-corrected chi connectivity index (χ1v) is 7.63. The third-order valence-corrected chi connectivity index (χ3v) is 3.79. The van der Waals surface area contributed by atoms with Crippen LogP contribution >= 0.6 is 11.6 Å². The zero-order valence-corrected chi connectivity index (χ0v) is 13.1. The maximum atomic E-state index is 10.8. The zero-order chi connectivity index (χ0) is 16.1. The van der Waals surface area contributed by atoms with E-state index in [-0.39, 0.29) is 0 Å². The summed E-state index contributed by atoms with van der Waals surface area (Å²) in [7, 11) is 0. The second-order valence-corrected chi connectivity index (χ2v) is 5.57. The third kappa shape index (κ3) is 3.76. The molecule has 0 aliphatic rings. The largest absolute Gasteiger partial charge is 0.339 e. The van der Waals surface area contributed by atoms with Crippen molar-refractivity contribution < 1.29 is 4.79 Å². The van der Waals surface area contributed by atoms with Gasteiger partial charge in [-0.1, -0.05) is 60.1 Å². The Bertz CT molecular complexity index is 819. The molecule has 0 fully saturated rings. The van der Waals surface area contributed by atoms with Crippen LogP contribution in [0.1, 0.15) is 21.5 Å². The van der Waals surface area contributed by atoms with Crippen LogP contribution < -0.4 is 5.32 Å². The molecule has 0 aliphatic heterocycles. The number of halogens is 1. The number of nitrogens with zero attached hydrogens (tertiary/aromatic N) is 1. The lowest BCUT2D eigenvalue weighted by molar-refractivity contribution is 0.112. The molecular formula is C19H15ClN2O. The number of hydrogen-bond acceptors (Lipinski definition) is 3. The van der Waals surface area contributed by atoms with E-state index < -0.39 is 0 Å². The fraction of sp³-hybridized carbons (Fsp3) is 0.0526. The maximum Gasteiger partial charge on any atom is 0.151 e. The van der Waals surface area contributed by atoms with E-state index >= 15 is 0 Å². The monoisotopic (exact) mass is 322 g/mol. The summed E-state index contributed by atoms with van der Waals surface area (Å²) in [4.78, 5) is 15.0. The Balaban J connectivity index is 1.87. The minimum Gasteiger partial charge on any atom is -0.339 e. The van der Waals surface area contributed by atoms with Crippen molar-refractivity contribution >= 4 is 29.4 Å². The molecule has 4 heteroatoms. The van der Waals surface area contributed by atoms with Crippen LogP contribution in [-0.4, -0.2) is 11.3 Å². The van der Waals surface area contributed by atoms with Gasteiger partial charge in [-0.25, -0.2) is 4.98 Å². The number of carbonyl (C=O) groups is 1. The molecular weight excluding hydrogens is 308 g/mol.